The molecule has 1 aliphatic carbocycles. The number of fused-ring (bicyclic) bond motifs is 1. The quantitative estimate of drug-likeness (QED) is 0.581. The Kier molecular flexibility index (Phi) is 4.25. The van der Waals surface area contributed by atoms with E-state index in [0.29, 0.717) is 11.9 Å². The van der Waals surface area contributed by atoms with Crippen LogP contribution in [0.4, 0.5) is 11.5 Å². The van der Waals surface area contributed by atoms with Gasteiger partial charge in [0.2, 0.25) is 5.95 Å². The number of benzene rings is 1. The standard InChI is InChI=1S/C22H23BrN6O/c1-13(2)29-19-17(27(4)20(30)22(29)11-14(22)3)12-25-21(26-19)28-9-8-24-18(28)15-6-5-7-16(23)10-15/h5-10,12-14H,11H2,1-4H3/t14-,22-/m0/s1. The summed E-state index contributed by atoms with van der Waals surface area (Å²) < 4.78 is 2.87. The molecular weight excluding hydrogens is 444 g/mol. The van der Waals surface area contributed by atoms with E-state index in [-0.39, 0.29) is 11.9 Å². The Morgan fingerprint density at radius 2 is 2.03 bits per heavy atom. The molecule has 154 valence electrons. The third-order valence-electron chi connectivity index (χ3n) is 6.16. The van der Waals surface area contributed by atoms with E-state index in [1.54, 1.807) is 17.3 Å². The van der Waals surface area contributed by atoms with Crippen molar-refractivity contribution >= 4 is 33.3 Å². The lowest BCUT2D eigenvalue weighted by molar-refractivity contribution is -0.121. The molecule has 3 heterocycles. The molecule has 2 atom stereocenters. The number of nitrogens with zero attached hydrogens (tertiary/aromatic N) is 6. The highest BCUT2D eigenvalue weighted by molar-refractivity contribution is 9.10. The second kappa shape index (κ2) is 6.63. The molecule has 2 aliphatic rings. The Labute approximate surface area is 183 Å². The molecule has 0 saturated heterocycles. The number of halogens is 1. The number of amides is 1. The Bertz CT molecular complexity index is 1160. The fourth-order valence-corrected chi connectivity index (χ4v) is 5.03. The lowest BCUT2D eigenvalue weighted by atomic mass is 10.0. The van der Waals surface area contributed by atoms with Crippen molar-refractivity contribution in [1.29, 1.82) is 0 Å². The van der Waals surface area contributed by atoms with Crippen molar-refractivity contribution in [2.24, 2.45) is 5.92 Å². The number of hydrogen-bond acceptors (Lipinski definition) is 5. The van der Waals surface area contributed by atoms with Crippen LogP contribution in [0.3, 0.4) is 0 Å². The Morgan fingerprint density at radius 1 is 1.27 bits per heavy atom. The van der Waals surface area contributed by atoms with Crippen LogP contribution in [-0.4, -0.2) is 44.1 Å². The fourth-order valence-electron chi connectivity index (χ4n) is 4.63. The van der Waals surface area contributed by atoms with Gasteiger partial charge >= 0.3 is 0 Å². The van der Waals surface area contributed by atoms with Crippen molar-refractivity contribution in [3.8, 4) is 17.3 Å². The third kappa shape index (κ3) is 2.62. The predicted molar refractivity (Wildman–Crippen MR) is 120 cm³/mol. The lowest BCUT2D eigenvalue weighted by Crippen LogP contribution is -2.58. The minimum atomic E-state index is -0.496. The minimum Gasteiger partial charge on any atom is -0.337 e. The molecule has 1 amide bonds. The van der Waals surface area contributed by atoms with E-state index >= 15 is 0 Å². The van der Waals surface area contributed by atoms with Gasteiger partial charge in [0.05, 0.1) is 6.20 Å². The Morgan fingerprint density at radius 3 is 2.70 bits per heavy atom. The van der Waals surface area contributed by atoms with E-state index in [4.69, 9.17) is 4.98 Å². The third-order valence-corrected chi connectivity index (χ3v) is 6.65. The molecule has 0 radical (unpaired) electrons. The van der Waals surface area contributed by atoms with E-state index in [1.807, 2.05) is 42.1 Å². The lowest BCUT2D eigenvalue weighted by Gasteiger charge is -2.44. The van der Waals surface area contributed by atoms with Crippen molar-refractivity contribution < 1.29 is 4.79 Å². The van der Waals surface area contributed by atoms with Crippen LogP contribution < -0.4 is 9.80 Å². The highest BCUT2D eigenvalue weighted by Crippen LogP contribution is 2.56. The van der Waals surface area contributed by atoms with E-state index in [1.165, 1.54) is 0 Å². The molecule has 1 saturated carbocycles. The maximum absolute atomic E-state index is 13.2. The summed E-state index contributed by atoms with van der Waals surface area (Å²) in [5.74, 6) is 2.53. The maximum Gasteiger partial charge on any atom is 0.253 e. The number of aromatic nitrogens is 4. The molecule has 3 aromatic rings. The first-order valence-corrected chi connectivity index (χ1v) is 10.9. The molecule has 1 aromatic carbocycles. The van der Waals surface area contributed by atoms with Gasteiger partial charge in [-0.2, -0.15) is 4.98 Å². The predicted octanol–water partition coefficient (Wildman–Crippen LogP) is 4.06. The largest absolute Gasteiger partial charge is 0.337 e. The van der Waals surface area contributed by atoms with Gasteiger partial charge in [0.1, 0.15) is 17.1 Å². The summed E-state index contributed by atoms with van der Waals surface area (Å²) in [5, 5.41) is 0. The van der Waals surface area contributed by atoms with Crippen molar-refractivity contribution in [2.75, 3.05) is 16.8 Å². The summed E-state index contributed by atoms with van der Waals surface area (Å²) in [4.78, 5) is 31.2. The topological polar surface area (TPSA) is 67.2 Å². The summed E-state index contributed by atoms with van der Waals surface area (Å²) in [6.07, 6.45) is 6.21. The van der Waals surface area contributed by atoms with Crippen molar-refractivity contribution in [3.05, 3.63) is 47.3 Å². The molecule has 0 unspecified atom stereocenters. The molecule has 1 aliphatic heterocycles. The molecule has 30 heavy (non-hydrogen) atoms. The van der Waals surface area contributed by atoms with Crippen LogP contribution in [0, 0.1) is 5.92 Å². The average Bonchev–Trinajstić information content (AvgIpc) is 3.14. The molecule has 8 heteroatoms. The van der Waals surface area contributed by atoms with E-state index < -0.39 is 5.54 Å². The van der Waals surface area contributed by atoms with Crippen LogP contribution in [0.2, 0.25) is 0 Å². The van der Waals surface area contributed by atoms with E-state index in [2.05, 4.69) is 51.6 Å². The number of rotatable bonds is 3. The maximum atomic E-state index is 13.2. The van der Waals surface area contributed by atoms with Crippen LogP contribution in [0.25, 0.3) is 17.3 Å². The second-order valence-electron chi connectivity index (χ2n) is 8.37. The van der Waals surface area contributed by atoms with Gasteiger partial charge in [-0.3, -0.25) is 9.36 Å². The normalized spacial score (nSPS) is 22.7. The SMILES string of the molecule is CC(C)N1c2nc(-n3ccnc3-c3cccc(Br)c3)ncc2N(C)C(=O)[C@@]12C[C@@H]2C. The highest BCUT2D eigenvalue weighted by atomic mass is 79.9. The van der Waals surface area contributed by atoms with Crippen LogP contribution >= 0.6 is 15.9 Å². The molecule has 2 aromatic heterocycles. The van der Waals surface area contributed by atoms with Crippen molar-refractivity contribution in [3.63, 3.8) is 0 Å². The summed E-state index contributed by atoms with van der Waals surface area (Å²) in [7, 11) is 1.82. The second-order valence-corrected chi connectivity index (χ2v) is 9.28. The number of hydrogen-bond donors (Lipinski definition) is 0. The average molecular weight is 467 g/mol. The number of carbonyl (C=O) groups excluding carboxylic acids is 1. The smallest absolute Gasteiger partial charge is 0.253 e. The first-order valence-electron chi connectivity index (χ1n) is 10.1. The molecule has 0 N–H and O–H groups in total. The zero-order valence-corrected chi connectivity index (χ0v) is 19.0. The molecule has 1 spiro atoms. The monoisotopic (exact) mass is 466 g/mol. The summed E-state index contributed by atoms with van der Waals surface area (Å²) >= 11 is 3.53. The van der Waals surface area contributed by atoms with Crippen LogP contribution in [0.5, 0.6) is 0 Å². The molecule has 7 nitrogen and oxygen atoms in total. The molecule has 5 rings (SSSR count). The molecular formula is C22H23BrN6O. The summed E-state index contributed by atoms with van der Waals surface area (Å²) in [5.41, 5.74) is 1.21. The van der Waals surface area contributed by atoms with Gasteiger partial charge in [-0.1, -0.05) is 35.0 Å². The summed E-state index contributed by atoms with van der Waals surface area (Å²) in [6.45, 7) is 6.36. The van der Waals surface area contributed by atoms with Gasteiger partial charge in [0.15, 0.2) is 5.82 Å². The Balaban J connectivity index is 1.66. The molecule has 0 bridgehead atoms. The van der Waals surface area contributed by atoms with E-state index in [0.717, 1.165) is 33.8 Å². The van der Waals surface area contributed by atoms with Gasteiger partial charge in [-0.15, -0.1) is 0 Å². The van der Waals surface area contributed by atoms with Gasteiger partial charge in [-0.25, -0.2) is 9.97 Å². The van der Waals surface area contributed by atoms with E-state index in [9.17, 15) is 4.79 Å². The first-order chi connectivity index (χ1) is 14.3. The van der Waals surface area contributed by atoms with Crippen LogP contribution in [-0.2, 0) is 4.79 Å². The van der Waals surface area contributed by atoms with Crippen LogP contribution in [0.15, 0.2) is 47.3 Å². The minimum absolute atomic E-state index is 0.130. The van der Waals surface area contributed by atoms with Crippen molar-refractivity contribution in [2.45, 2.75) is 38.8 Å². The fraction of sp³-hybridized carbons (Fsp3) is 0.364. The summed E-state index contributed by atoms with van der Waals surface area (Å²) in [6, 6.07) is 8.13. The highest BCUT2D eigenvalue weighted by Gasteiger charge is 2.66. The zero-order valence-electron chi connectivity index (χ0n) is 17.4. The number of anilines is 2. The first kappa shape index (κ1) is 19.2. The van der Waals surface area contributed by atoms with Gasteiger partial charge < -0.3 is 9.80 Å². The van der Waals surface area contributed by atoms with Crippen LogP contribution in [0.1, 0.15) is 27.2 Å². The number of likely N-dealkylation sites (N-methyl/N-ethyl adjacent to an activating group) is 1. The number of carbonyl (C=O) groups is 1. The zero-order chi connectivity index (χ0) is 21.2. The number of imidazole rings is 1. The van der Waals surface area contributed by atoms with Gasteiger partial charge in [0, 0.05) is 35.5 Å². The van der Waals surface area contributed by atoms with Gasteiger partial charge in [-0.05, 0) is 38.3 Å². The molecule has 1 fully saturated rings. The van der Waals surface area contributed by atoms with Gasteiger partial charge in [0.25, 0.3) is 5.91 Å². The Hall–Kier alpha value is -2.74. The van der Waals surface area contributed by atoms with Crippen molar-refractivity contribution in [1.82, 2.24) is 19.5 Å².